The van der Waals surface area contributed by atoms with Crippen molar-refractivity contribution in [2.24, 2.45) is 0 Å². The number of aromatic nitrogens is 2. The maximum Gasteiger partial charge on any atom is 0.131 e. The van der Waals surface area contributed by atoms with Crippen LogP contribution in [0.5, 0.6) is 5.75 Å². The maximum absolute atomic E-state index is 5.14. The van der Waals surface area contributed by atoms with E-state index in [1.165, 1.54) is 18.4 Å². The Bertz CT molecular complexity index is 566. The van der Waals surface area contributed by atoms with E-state index in [1.807, 2.05) is 30.3 Å². The molecule has 0 bridgehead atoms. The molecule has 0 spiro atoms. The van der Waals surface area contributed by atoms with Gasteiger partial charge in [0.25, 0.3) is 0 Å². The van der Waals surface area contributed by atoms with Gasteiger partial charge in [0.05, 0.1) is 7.11 Å². The molecule has 0 saturated heterocycles. The molecule has 2 aromatic rings. The van der Waals surface area contributed by atoms with Gasteiger partial charge in [-0.3, -0.25) is 0 Å². The minimum atomic E-state index is 0.597. The average Bonchev–Trinajstić information content (AvgIpc) is 3.30. The molecular weight excluding hydrogens is 252 g/mol. The van der Waals surface area contributed by atoms with Crippen LogP contribution in [0.4, 0.5) is 11.6 Å². The van der Waals surface area contributed by atoms with E-state index < -0.39 is 0 Å². The molecule has 1 aliphatic carbocycles. The standard InChI is InChI=1S/C15H18N4O/c1-20-13-6-2-11(3-7-13)9-16-14-8-15(18-10-17-14)19-12-4-5-12/h2-3,6-8,10,12H,4-5,9H2,1H3,(H2,16,17,18,19). The van der Waals surface area contributed by atoms with Gasteiger partial charge in [0.2, 0.25) is 0 Å². The molecule has 0 radical (unpaired) electrons. The second-order valence-electron chi connectivity index (χ2n) is 4.91. The number of benzene rings is 1. The van der Waals surface area contributed by atoms with Crippen LogP contribution in [0.3, 0.4) is 0 Å². The summed E-state index contributed by atoms with van der Waals surface area (Å²) in [6.07, 6.45) is 4.05. The van der Waals surface area contributed by atoms with Gasteiger partial charge in [-0.05, 0) is 30.5 Å². The minimum Gasteiger partial charge on any atom is -0.497 e. The monoisotopic (exact) mass is 270 g/mol. The van der Waals surface area contributed by atoms with E-state index in [0.29, 0.717) is 6.04 Å². The molecule has 1 saturated carbocycles. The molecule has 3 rings (SSSR count). The lowest BCUT2D eigenvalue weighted by Crippen LogP contribution is -2.06. The predicted octanol–water partition coefficient (Wildman–Crippen LogP) is 2.67. The highest BCUT2D eigenvalue weighted by Crippen LogP contribution is 2.24. The van der Waals surface area contributed by atoms with Crippen LogP contribution in [0, 0.1) is 0 Å². The van der Waals surface area contributed by atoms with E-state index in [0.717, 1.165) is 23.9 Å². The van der Waals surface area contributed by atoms with E-state index in [4.69, 9.17) is 4.74 Å². The van der Waals surface area contributed by atoms with Crippen LogP contribution in [-0.4, -0.2) is 23.1 Å². The Hall–Kier alpha value is -2.30. The normalized spacial score (nSPS) is 13.8. The zero-order valence-electron chi connectivity index (χ0n) is 11.5. The summed E-state index contributed by atoms with van der Waals surface area (Å²) < 4.78 is 5.14. The maximum atomic E-state index is 5.14. The molecule has 20 heavy (non-hydrogen) atoms. The van der Waals surface area contributed by atoms with E-state index in [1.54, 1.807) is 13.4 Å². The van der Waals surface area contributed by atoms with Crippen molar-refractivity contribution in [3.63, 3.8) is 0 Å². The fraction of sp³-hybridized carbons (Fsp3) is 0.333. The molecule has 104 valence electrons. The predicted molar refractivity (Wildman–Crippen MR) is 79.0 cm³/mol. The van der Waals surface area contributed by atoms with Crippen molar-refractivity contribution in [3.05, 3.63) is 42.2 Å². The van der Waals surface area contributed by atoms with Crippen LogP contribution in [0.1, 0.15) is 18.4 Å². The summed E-state index contributed by atoms with van der Waals surface area (Å²) in [4.78, 5) is 8.45. The molecule has 5 nitrogen and oxygen atoms in total. The Morgan fingerprint density at radius 2 is 1.90 bits per heavy atom. The van der Waals surface area contributed by atoms with E-state index >= 15 is 0 Å². The Kier molecular flexibility index (Phi) is 3.67. The van der Waals surface area contributed by atoms with Crippen LogP contribution in [0.2, 0.25) is 0 Å². The number of methoxy groups -OCH3 is 1. The van der Waals surface area contributed by atoms with Gasteiger partial charge in [0.1, 0.15) is 23.7 Å². The van der Waals surface area contributed by atoms with Gasteiger partial charge in [0.15, 0.2) is 0 Å². The molecule has 0 atom stereocenters. The molecule has 0 amide bonds. The Balaban J connectivity index is 1.58. The van der Waals surface area contributed by atoms with Crippen molar-refractivity contribution in [1.29, 1.82) is 0 Å². The smallest absolute Gasteiger partial charge is 0.131 e. The number of hydrogen-bond acceptors (Lipinski definition) is 5. The first-order chi connectivity index (χ1) is 9.83. The minimum absolute atomic E-state index is 0.597. The number of ether oxygens (including phenoxy) is 1. The summed E-state index contributed by atoms with van der Waals surface area (Å²) in [6.45, 7) is 0.726. The molecule has 2 N–H and O–H groups in total. The Morgan fingerprint density at radius 3 is 2.60 bits per heavy atom. The van der Waals surface area contributed by atoms with Gasteiger partial charge < -0.3 is 15.4 Å². The molecule has 1 fully saturated rings. The lowest BCUT2D eigenvalue weighted by Gasteiger charge is -2.08. The molecule has 5 heteroatoms. The molecule has 1 aliphatic rings. The highest BCUT2D eigenvalue weighted by molar-refractivity contribution is 5.48. The Morgan fingerprint density at radius 1 is 1.15 bits per heavy atom. The van der Waals surface area contributed by atoms with Crippen molar-refractivity contribution in [2.45, 2.75) is 25.4 Å². The summed E-state index contributed by atoms with van der Waals surface area (Å²) in [6, 6.07) is 10.5. The molecule has 0 unspecified atom stereocenters. The van der Waals surface area contributed by atoms with Gasteiger partial charge in [-0.15, -0.1) is 0 Å². The summed E-state index contributed by atoms with van der Waals surface area (Å²) >= 11 is 0. The van der Waals surface area contributed by atoms with Crippen LogP contribution >= 0.6 is 0 Å². The molecule has 0 aliphatic heterocycles. The number of nitrogens with one attached hydrogen (secondary N) is 2. The van der Waals surface area contributed by atoms with Crippen molar-refractivity contribution < 1.29 is 4.74 Å². The zero-order chi connectivity index (χ0) is 13.8. The second-order valence-corrected chi connectivity index (χ2v) is 4.91. The van der Waals surface area contributed by atoms with E-state index in [9.17, 15) is 0 Å². The third-order valence-electron chi connectivity index (χ3n) is 3.23. The second kappa shape index (κ2) is 5.77. The van der Waals surface area contributed by atoms with Gasteiger partial charge in [-0.2, -0.15) is 0 Å². The van der Waals surface area contributed by atoms with Crippen LogP contribution in [0.25, 0.3) is 0 Å². The summed E-state index contributed by atoms with van der Waals surface area (Å²) in [5.41, 5.74) is 1.18. The average molecular weight is 270 g/mol. The third kappa shape index (κ3) is 3.38. The quantitative estimate of drug-likeness (QED) is 0.845. The number of hydrogen-bond donors (Lipinski definition) is 2. The third-order valence-corrected chi connectivity index (χ3v) is 3.23. The van der Waals surface area contributed by atoms with Crippen LogP contribution in [0.15, 0.2) is 36.7 Å². The molecule has 1 heterocycles. The summed E-state index contributed by atoms with van der Waals surface area (Å²) in [5.74, 6) is 2.59. The first-order valence-corrected chi connectivity index (χ1v) is 6.79. The Labute approximate surface area is 118 Å². The number of anilines is 2. The SMILES string of the molecule is COc1ccc(CNc2cc(NC3CC3)ncn2)cc1. The van der Waals surface area contributed by atoms with E-state index in [2.05, 4.69) is 20.6 Å². The highest BCUT2D eigenvalue weighted by Gasteiger charge is 2.21. The van der Waals surface area contributed by atoms with Crippen molar-refractivity contribution in [2.75, 3.05) is 17.7 Å². The first kappa shape index (κ1) is 12.7. The fourth-order valence-electron chi connectivity index (χ4n) is 1.91. The topological polar surface area (TPSA) is 59.1 Å². The van der Waals surface area contributed by atoms with Gasteiger partial charge >= 0.3 is 0 Å². The summed E-state index contributed by atoms with van der Waals surface area (Å²) in [5, 5.41) is 6.66. The first-order valence-electron chi connectivity index (χ1n) is 6.79. The molecule has 1 aromatic heterocycles. The fourth-order valence-corrected chi connectivity index (χ4v) is 1.91. The lowest BCUT2D eigenvalue weighted by atomic mass is 10.2. The van der Waals surface area contributed by atoms with E-state index in [-0.39, 0.29) is 0 Å². The lowest BCUT2D eigenvalue weighted by molar-refractivity contribution is 0.414. The molecular formula is C15H18N4O. The van der Waals surface area contributed by atoms with Gasteiger partial charge in [-0.25, -0.2) is 9.97 Å². The molecule has 1 aromatic carbocycles. The highest BCUT2D eigenvalue weighted by atomic mass is 16.5. The van der Waals surface area contributed by atoms with Gasteiger partial charge in [-0.1, -0.05) is 12.1 Å². The van der Waals surface area contributed by atoms with Gasteiger partial charge in [0, 0.05) is 18.7 Å². The van der Waals surface area contributed by atoms with Crippen molar-refractivity contribution >= 4 is 11.6 Å². The summed E-state index contributed by atoms with van der Waals surface area (Å²) in [7, 11) is 1.67. The largest absolute Gasteiger partial charge is 0.497 e. The van der Waals surface area contributed by atoms with Crippen LogP contribution in [-0.2, 0) is 6.54 Å². The van der Waals surface area contributed by atoms with Crippen molar-refractivity contribution in [3.8, 4) is 5.75 Å². The van der Waals surface area contributed by atoms with Crippen LogP contribution < -0.4 is 15.4 Å². The number of nitrogens with zero attached hydrogens (tertiary/aromatic N) is 2. The zero-order valence-corrected chi connectivity index (χ0v) is 11.5. The van der Waals surface area contributed by atoms with Crippen molar-refractivity contribution in [1.82, 2.24) is 9.97 Å². The number of rotatable bonds is 6.